The van der Waals surface area contributed by atoms with Crippen LogP contribution in [0.5, 0.6) is 0 Å². The van der Waals surface area contributed by atoms with E-state index in [4.69, 9.17) is 10.5 Å². The van der Waals surface area contributed by atoms with Crippen molar-refractivity contribution in [2.75, 3.05) is 31.8 Å². The first-order chi connectivity index (χ1) is 5.54. The predicted octanol–water partition coefficient (Wildman–Crippen LogP) is -0.604. The summed E-state index contributed by atoms with van der Waals surface area (Å²) in [6.07, 6.45) is 0.639. The van der Waals surface area contributed by atoms with Crippen LogP contribution in [0.15, 0.2) is 0 Å². The van der Waals surface area contributed by atoms with E-state index in [1.807, 2.05) is 0 Å². The highest BCUT2D eigenvalue weighted by Gasteiger charge is 2.41. The van der Waals surface area contributed by atoms with Gasteiger partial charge >= 0.3 is 0 Å². The Hall–Kier alpha value is -0.130. The Bertz CT molecular complexity index is 249. The second-order valence-corrected chi connectivity index (χ2v) is 5.66. The first-order valence-corrected chi connectivity index (χ1v) is 5.75. The van der Waals surface area contributed by atoms with Gasteiger partial charge in [-0.15, -0.1) is 0 Å². The van der Waals surface area contributed by atoms with Crippen LogP contribution in [0.25, 0.3) is 0 Å². The van der Waals surface area contributed by atoms with Crippen molar-refractivity contribution in [2.24, 2.45) is 11.1 Å². The average molecular weight is 193 g/mol. The summed E-state index contributed by atoms with van der Waals surface area (Å²) in [6.45, 7) is 0.836. The molecule has 1 saturated heterocycles. The van der Waals surface area contributed by atoms with Gasteiger partial charge in [0.1, 0.15) is 0 Å². The maximum Gasteiger partial charge on any atom is 0.151 e. The lowest BCUT2D eigenvalue weighted by Gasteiger charge is -2.23. The summed E-state index contributed by atoms with van der Waals surface area (Å²) in [7, 11) is -1.28. The van der Waals surface area contributed by atoms with Gasteiger partial charge in [-0.1, -0.05) is 0 Å². The van der Waals surface area contributed by atoms with E-state index >= 15 is 0 Å². The van der Waals surface area contributed by atoms with Crippen molar-refractivity contribution >= 4 is 9.84 Å². The Labute approximate surface area is 73.0 Å². The number of ether oxygens (including phenoxy) is 1. The molecule has 1 unspecified atom stereocenters. The van der Waals surface area contributed by atoms with Gasteiger partial charge in [-0.25, -0.2) is 8.42 Å². The molecule has 0 bridgehead atoms. The molecule has 4 nitrogen and oxygen atoms in total. The van der Waals surface area contributed by atoms with E-state index in [2.05, 4.69) is 0 Å². The van der Waals surface area contributed by atoms with Gasteiger partial charge in [-0.05, 0) is 6.42 Å². The standard InChI is InChI=1S/C7H15NO3S/c1-11-5-7(4-8)2-3-12(9,10)6-7/h2-6,8H2,1H3. The molecule has 0 spiro atoms. The van der Waals surface area contributed by atoms with Gasteiger partial charge in [0.2, 0.25) is 0 Å². The zero-order chi connectivity index (χ0) is 9.24. The molecule has 0 aromatic carbocycles. The van der Waals surface area contributed by atoms with Crippen LogP contribution in [0.1, 0.15) is 6.42 Å². The molecule has 1 atom stereocenters. The molecule has 12 heavy (non-hydrogen) atoms. The lowest BCUT2D eigenvalue weighted by atomic mass is 9.89. The molecule has 0 aromatic heterocycles. The smallest absolute Gasteiger partial charge is 0.151 e. The molecule has 2 N–H and O–H groups in total. The molecule has 1 rings (SSSR count). The third kappa shape index (κ3) is 1.97. The van der Waals surface area contributed by atoms with Crippen LogP contribution < -0.4 is 5.73 Å². The van der Waals surface area contributed by atoms with Crippen molar-refractivity contribution in [2.45, 2.75) is 6.42 Å². The third-order valence-electron chi connectivity index (χ3n) is 2.35. The van der Waals surface area contributed by atoms with Crippen LogP contribution in [0.3, 0.4) is 0 Å². The van der Waals surface area contributed by atoms with Crippen molar-refractivity contribution in [3.05, 3.63) is 0 Å². The molecule has 1 aliphatic rings. The van der Waals surface area contributed by atoms with E-state index in [0.717, 1.165) is 0 Å². The van der Waals surface area contributed by atoms with Crippen molar-refractivity contribution < 1.29 is 13.2 Å². The summed E-state index contributed by atoms with van der Waals surface area (Å²) >= 11 is 0. The summed E-state index contributed by atoms with van der Waals surface area (Å²) in [5, 5.41) is 0. The summed E-state index contributed by atoms with van der Waals surface area (Å²) in [5.41, 5.74) is 5.22. The van der Waals surface area contributed by atoms with Crippen LogP contribution in [0, 0.1) is 5.41 Å². The van der Waals surface area contributed by atoms with Gasteiger partial charge in [0.15, 0.2) is 9.84 Å². The molecule has 5 heteroatoms. The summed E-state index contributed by atoms with van der Waals surface area (Å²) < 4.78 is 27.3. The molecule has 1 fully saturated rings. The lowest BCUT2D eigenvalue weighted by Crippen LogP contribution is -2.36. The molecule has 1 heterocycles. The number of nitrogens with two attached hydrogens (primary N) is 1. The highest BCUT2D eigenvalue weighted by Crippen LogP contribution is 2.31. The molecule has 0 aliphatic carbocycles. The topological polar surface area (TPSA) is 69.4 Å². The Kier molecular flexibility index (Phi) is 2.75. The molecule has 0 aromatic rings. The monoisotopic (exact) mass is 193 g/mol. The van der Waals surface area contributed by atoms with Gasteiger partial charge in [0, 0.05) is 19.1 Å². The Balaban J connectivity index is 2.72. The fourth-order valence-electron chi connectivity index (χ4n) is 1.62. The number of methoxy groups -OCH3 is 1. The lowest BCUT2D eigenvalue weighted by molar-refractivity contribution is 0.102. The molecular weight excluding hydrogens is 178 g/mol. The molecule has 0 radical (unpaired) electrons. The summed E-state index contributed by atoms with van der Waals surface area (Å²) in [4.78, 5) is 0. The first kappa shape index (κ1) is 9.95. The Morgan fingerprint density at radius 2 is 2.25 bits per heavy atom. The van der Waals surface area contributed by atoms with E-state index in [1.54, 1.807) is 7.11 Å². The van der Waals surface area contributed by atoms with Gasteiger partial charge in [-0.3, -0.25) is 0 Å². The van der Waals surface area contributed by atoms with E-state index in [9.17, 15) is 8.42 Å². The number of sulfone groups is 1. The van der Waals surface area contributed by atoms with Crippen LogP contribution in [-0.4, -0.2) is 40.2 Å². The minimum absolute atomic E-state index is 0.185. The largest absolute Gasteiger partial charge is 0.384 e. The minimum atomic E-state index is -2.85. The van der Waals surface area contributed by atoms with Crippen LogP contribution in [0.4, 0.5) is 0 Å². The normalized spacial score (nSPS) is 33.8. The second-order valence-electron chi connectivity index (χ2n) is 3.48. The first-order valence-electron chi connectivity index (χ1n) is 3.93. The SMILES string of the molecule is COCC1(CN)CCS(=O)(=O)C1. The number of hydrogen-bond donors (Lipinski definition) is 1. The van der Waals surface area contributed by atoms with E-state index < -0.39 is 9.84 Å². The van der Waals surface area contributed by atoms with Gasteiger partial charge < -0.3 is 10.5 Å². The fraction of sp³-hybridized carbons (Fsp3) is 1.00. The van der Waals surface area contributed by atoms with Crippen molar-refractivity contribution in [1.29, 1.82) is 0 Å². The van der Waals surface area contributed by atoms with E-state index in [-0.39, 0.29) is 16.9 Å². The summed E-state index contributed by atoms with van der Waals surface area (Å²) in [5.74, 6) is 0.442. The second kappa shape index (κ2) is 3.32. The van der Waals surface area contributed by atoms with Crippen LogP contribution in [0.2, 0.25) is 0 Å². The van der Waals surface area contributed by atoms with Crippen LogP contribution in [-0.2, 0) is 14.6 Å². The molecule has 72 valence electrons. The summed E-state index contributed by atoms with van der Waals surface area (Å²) in [6, 6.07) is 0. The maximum absolute atomic E-state index is 11.2. The van der Waals surface area contributed by atoms with Crippen molar-refractivity contribution in [3.63, 3.8) is 0 Å². The van der Waals surface area contributed by atoms with Crippen molar-refractivity contribution in [3.8, 4) is 0 Å². The fourth-order valence-corrected chi connectivity index (χ4v) is 3.79. The van der Waals surface area contributed by atoms with E-state index in [1.165, 1.54) is 0 Å². The highest BCUT2D eigenvalue weighted by molar-refractivity contribution is 7.91. The highest BCUT2D eigenvalue weighted by atomic mass is 32.2. The Morgan fingerprint density at radius 3 is 2.58 bits per heavy atom. The van der Waals surface area contributed by atoms with Gasteiger partial charge in [-0.2, -0.15) is 0 Å². The molecular formula is C7H15NO3S. The van der Waals surface area contributed by atoms with Gasteiger partial charge in [0.25, 0.3) is 0 Å². The predicted molar refractivity (Wildman–Crippen MR) is 46.6 cm³/mol. The maximum atomic E-state index is 11.2. The molecule has 0 amide bonds. The zero-order valence-corrected chi connectivity index (χ0v) is 8.06. The van der Waals surface area contributed by atoms with Crippen LogP contribution >= 0.6 is 0 Å². The number of hydrogen-bond acceptors (Lipinski definition) is 4. The van der Waals surface area contributed by atoms with Crippen molar-refractivity contribution in [1.82, 2.24) is 0 Å². The molecule has 1 aliphatic heterocycles. The number of rotatable bonds is 3. The zero-order valence-electron chi connectivity index (χ0n) is 7.25. The van der Waals surface area contributed by atoms with E-state index in [0.29, 0.717) is 19.6 Å². The third-order valence-corrected chi connectivity index (χ3v) is 4.23. The quantitative estimate of drug-likeness (QED) is 0.649. The van der Waals surface area contributed by atoms with Gasteiger partial charge in [0.05, 0.1) is 18.1 Å². The molecule has 0 saturated carbocycles. The average Bonchev–Trinajstić information content (AvgIpc) is 2.29. The Morgan fingerprint density at radius 1 is 1.58 bits per heavy atom. The minimum Gasteiger partial charge on any atom is -0.384 e.